The van der Waals surface area contributed by atoms with Crippen LogP contribution in [-0.2, 0) is 13.3 Å². The summed E-state index contributed by atoms with van der Waals surface area (Å²) in [4.78, 5) is 0. The van der Waals surface area contributed by atoms with E-state index in [1.165, 1.54) is 5.20 Å². The highest BCUT2D eigenvalue weighted by Crippen LogP contribution is 2.24. The predicted octanol–water partition coefficient (Wildman–Crippen LogP) is 2.07. The van der Waals surface area contributed by atoms with E-state index >= 15 is 0 Å². The van der Waals surface area contributed by atoms with Gasteiger partial charge < -0.3 is 13.3 Å². The van der Waals surface area contributed by atoms with Gasteiger partial charge in [-0.25, -0.2) is 0 Å². The molecule has 0 saturated heterocycles. The Labute approximate surface area is 86.7 Å². The Kier molecular flexibility index (Phi) is 4.54. The largest absolute Gasteiger partial charge is 0.532 e. The smallest absolute Gasteiger partial charge is 0.374 e. The molecule has 4 heteroatoms. The molecular weight excluding hydrogens is 196 g/mol. The molecule has 14 heavy (non-hydrogen) atoms. The Hall–Kier alpha value is -0.423. The second-order valence-corrected chi connectivity index (χ2v) is 6.16. The first-order valence-electron chi connectivity index (χ1n) is 4.80. The van der Waals surface area contributed by atoms with Gasteiger partial charge in [-0.1, -0.05) is 18.2 Å². The highest BCUT2D eigenvalue weighted by Gasteiger charge is 2.42. The van der Waals surface area contributed by atoms with Gasteiger partial charge in [-0.2, -0.15) is 0 Å². The number of hydrogen-bond donors (Lipinski definition) is 0. The maximum atomic E-state index is 5.42. The standard InChI is InChI=1S/C10H18O3Si/c1-11-14(12-2,13-3)10-8-6-4-5-7-9-10/h4,6,8H,5,7,9H2,1-3H3. The zero-order valence-corrected chi connectivity index (χ0v) is 10.1. The van der Waals surface area contributed by atoms with Gasteiger partial charge in [0, 0.05) is 26.5 Å². The van der Waals surface area contributed by atoms with E-state index in [9.17, 15) is 0 Å². The van der Waals surface area contributed by atoms with Gasteiger partial charge in [0.2, 0.25) is 0 Å². The Morgan fingerprint density at radius 1 is 1.14 bits per heavy atom. The third-order valence-corrected chi connectivity index (χ3v) is 5.27. The Balaban J connectivity index is 2.86. The summed E-state index contributed by atoms with van der Waals surface area (Å²) < 4.78 is 16.3. The molecule has 0 spiro atoms. The van der Waals surface area contributed by atoms with Gasteiger partial charge in [0.15, 0.2) is 0 Å². The van der Waals surface area contributed by atoms with Crippen molar-refractivity contribution >= 4 is 8.80 Å². The van der Waals surface area contributed by atoms with Gasteiger partial charge in [0.25, 0.3) is 0 Å². The van der Waals surface area contributed by atoms with Crippen molar-refractivity contribution < 1.29 is 13.3 Å². The van der Waals surface area contributed by atoms with E-state index in [0.717, 1.165) is 19.3 Å². The van der Waals surface area contributed by atoms with Crippen molar-refractivity contribution in [2.24, 2.45) is 0 Å². The number of hydrogen-bond acceptors (Lipinski definition) is 3. The lowest BCUT2D eigenvalue weighted by molar-refractivity contribution is 0.133. The van der Waals surface area contributed by atoms with Crippen LogP contribution < -0.4 is 0 Å². The lowest BCUT2D eigenvalue weighted by atomic mass is 10.2. The summed E-state index contributed by atoms with van der Waals surface area (Å²) in [5.41, 5.74) is 0. The van der Waals surface area contributed by atoms with E-state index in [0.29, 0.717) is 0 Å². The van der Waals surface area contributed by atoms with E-state index < -0.39 is 8.80 Å². The average molecular weight is 214 g/mol. The summed E-state index contributed by atoms with van der Waals surface area (Å²) in [5.74, 6) is 0. The van der Waals surface area contributed by atoms with Crippen LogP contribution in [0.15, 0.2) is 23.4 Å². The predicted molar refractivity (Wildman–Crippen MR) is 57.9 cm³/mol. The maximum absolute atomic E-state index is 5.42. The van der Waals surface area contributed by atoms with Crippen LogP contribution >= 0.6 is 0 Å². The van der Waals surface area contributed by atoms with Crippen molar-refractivity contribution in [2.75, 3.05) is 21.3 Å². The van der Waals surface area contributed by atoms with Crippen molar-refractivity contribution in [3.63, 3.8) is 0 Å². The molecule has 0 N–H and O–H groups in total. The SMILES string of the molecule is CO[Si](OC)(OC)C1=CC=CCCC1. The van der Waals surface area contributed by atoms with Crippen LogP contribution in [0.3, 0.4) is 0 Å². The highest BCUT2D eigenvalue weighted by molar-refractivity contribution is 6.68. The first-order chi connectivity index (χ1) is 6.79. The van der Waals surface area contributed by atoms with E-state index in [2.05, 4.69) is 18.2 Å². The Morgan fingerprint density at radius 2 is 1.79 bits per heavy atom. The summed E-state index contributed by atoms with van der Waals surface area (Å²) in [5, 5.41) is 1.17. The number of allylic oxidation sites excluding steroid dienone is 4. The van der Waals surface area contributed by atoms with E-state index in [1.807, 2.05) is 0 Å². The molecule has 0 unspecified atom stereocenters. The van der Waals surface area contributed by atoms with Crippen LogP contribution in [0.4, 0.5) is 0 Å². The molecular formula is C10H18O3Si. The molecule has 0 heterocycles. The molecule has 80 valence electrons. The minimum absolute atomic E-state index is 0.995. The monoisotopic (exact) mass is 214 g/mol. The van der Waals surface area contributed by atoms with Gasteiger partial charge in [0.05, 0.1) is 0 Å². The first kappa shape index (κ1) is 11.7. The van der Waals surface area contributed by atoms with Crippen LogP contribution in [0.2, 0.25) is 0 Å². The van der Waals surface area contributed by atoms with Crippen molar-refractivity contribution in [1.29, 1.82) is 0 Å². The second kappa shape index (κ2) is 5.46. The van der Waals surface area contributed by atoms with Crippen LogP contribution in [-0.4, -0.2) is 30.1 Å². The Morgan fingerprint density at radius 3 is 2.36 bits per heavy atom. The third kappa shape index (κ3) is 2.33. The summed E-state index contributed by atoms with van der Waals surface area (Å²) in [6.07, 6.45) is 9.52. The van der Waals surface area contributed by atoms with Gasteiger partial charge in [-0.15, -0.1) is 0 Å². The fourth-order valence-corrected chi connectivity index (χ4v) is 3.74. The topological polar surface area (TPSA) is 27.7 Å². The molecule has 0 amide bonds. The molecule has 0 aromatic carbocycles. The molecule has 0 radical (unpaired) electrons. The molecule has 1 rings (SSSR count). The zero-order valence-electron chi connectivity index (χ0n) is 9.08. The van der Waals surface area contributed by atoms with E-state index in [4.69, 9.17) is 13.3 Å². The molecule has 3 nitrogen and oxygen atoms in total. The molecule has 0 saturated carbocycles. The van der Waals surface area contributed by atoms with Crippen molar-refractivity contribution in [1.82, 2.24) is 0 Å². The van der Waals surface area contributed by atoms with Crippen LogP contribution in [0.25, 0.3) is 0 Å². The maximum Gasteiger partial charge on any atom is 0.532 e. The fraction of sp³-hybridized carbons (Fsp3) is 0.600. The summed E-state index contributed by atoms with van der Waals surface area (Å²) >= 11 is 0. The molecule has 1 aliphatic rings. The fourth-order valence-electron chi connectivity index (χ4n) is 1.67. The van der Waals surface area contributed by atoms with E-state index in [1.54, 1.807) is 21.3 Å². The van der Waals surface area contributed by atoms with Crippen molar-refractivity contribution in [3.05, 3.63) is 23.4 Å². The van der Waals surface area contributed by atoms with Gasteiger partial charge in [-0.05, 0) is 19.3 Å². The normalized spacial score (nSPS) is 17.8. The summed E-state index contributed by atoms with van der Waals surface area (Å²) in [6, 6.07) is 0. The molecule has 0 aromatic heterocycles. The van der Waals surface area contributed by atoms with Crippen LogP contribution in [0, 0.1) is 0 Å². The second-order valence-electron chi connectivity index (χ2n) is 3.18. The van der Waals surface area contributed by atoms with Crippen LogP contribution in [0.1, 0.15) is 19.3 Å². The van der Waals surface area contributed by atoms with Crippen molar-refractivity contribution in [2.45, 2.75) is 19.3 Å². The van der Waals surface area contributed by atoms with Crippen molar-refractivity contribution in [3.8, 4) is 0 Å². The number of rotatable bonds is 4. The van der Waals surface area contributed by atoms with Gasteiger partial charge in [-0.3, -0.25) is 0 Å². The lowest BCUT2D eigenvalue weighted by Gasteiger charge is -2.26. The summed E-state index contributed by atoms with van der Waals surface area (Å²) in [7, 11) is 2.40. The molecule has 0 fully saturated rings. The minimum atomic E-state index is -2.54. The molecule has 0 aliphatic heterocycles. The van der Waals surface area contributed by atoms with Gasteiger partial charge >= 0.3 is 8.80 Å². The van der Waals surface area contributed by atoms with Crippen LogP contribution in [0.5, 0.6) is 0 Å². The molecule has 0 aromatic rings. The first-order valence-corrected chi connectivity index (χ1v) is 6.53. The molecule has 0 atom stereocenters. The molecule has 0 bridgehead atoms. The summed E-state index contributed by atoms with van der Waals surface area (Å²) in [6.45, 7) is 0. The van der Waals surface area contributed by atoms with Gasteiger partial charge in [0.1, 0.15) is 0 Å². The quantitative estimate of drug-likeness (QED) is 0.671. The third-order valence-electron chi connectivity index (χ3n) is 2.45. The highest BCUT2D eigenvalue weighted by atomic mass is 28.4. The van der Waals surface area contributed by atoms with E-state index in [-0.39, 0.29) is 0 Å². The lowest BCUT2D eigenvalue weighted by Crippen LogP contribution is -2.45. The minimum Gasteiger partial charge on any atom is -0.374 e. The zero-order chi connectivity index (χ0) is 10.4. The Bertz CT molecular complexity index is 223. The average Bonchev–Trinajstić information content (AvgIpc) is 2.51. The molecule has 1 aliphatic carbocycles.